The summed E-state index contributed by atoms with van der Waals surface area (Å²) in [5.41, 5.74) is 0. The molecule has 0 aromatic heterocycles. The molecule has 0 aliphatic rings. The fourth-order valence-corrected chi connectivity index (χ4v) is 2.04. The maximum Gasteiger partial charge on any atom is 0.0164 e. The molecule has 0 radical (unpaired) electrons. The molecule has 0 saturated carbocycles. The highest BCUT2D eigenvalue weighted by Gasteiger charge is 1.98. The van der Waals surface area contributed by atoms with Crippen molar-refractivity contribution in [3.8, 4) is 0 Å². The van der Waals surface area contributed by atoms with Crippen LogP contribution in [0.2, 0.25) is 0 Å². The fraction of sp³-hybridized carbons (Fsp3) is 1.00. The standard InChI is InChI=1S/C15H34N2/c1-4-6-7-8-9-10-11-12-13-17-15(3)14-16-5-2/h15-17H,4-14H2,1-3H3. The molecule has 0 aromatic carbocycles. The first-order valence-corrected chi connectivity index (χ1v) is 7.75. The third-order valence-electron chi connectivity index (χ3n) is 3.22. The van der Waals surface area contributed by atoms with E-state index < -0.39 is 0 Å². The molecule has 0 rings (SSSR count). The molecule has 2 N–H and O–H groups in total. The summed E-state index contributed by atoms with van der Waals surface area (Å²) in [6, 6.07) is 0.611. The minimum absolute atomic E-state index is 0.611. The van der Waals surface area contributed by atoms with Gasteiger partial charge in [0.1, 0.15) is 0 Å². The molecule has 1 unspecified atom stereocenters. The zero-order chi connectivity index (χ0) is 12.8. The zero-order valence-electron chi connectivity index (χ0n) is 12.4. The van der Waals surface area contributed by atoms with Crippen LogP contribution in [0, 0.1) is 0 Å². The Morgan fingerprint density at radius 1 is 0.824 bits per heavy atom. The van der Waals surface area contributed by atoms with Gasteiger partial charge in [-0.15, -0.1) is 0 Å². The van der Waals surface area contributed by atoms with Crippen LogP contribution in [-0.4, -0.2) is 25.7 Å². The lowest BCUT2D eigenvalue weighted by molar-refractivity contribution is 0.487. The van der Waals surface area contributed by atoms with Crippen LogP contribution in [-0.2, 0) is 0 Å². The van der Waals surface area contributed by atoms with Crippen molar-refractivity contribution in [2.45, 2.75) is 78.2 Å². The number of likely N-dealkylation sites (N-methyl/N-ethyl adjacent to an activating group) is 1. The highest BCUT2D eigenvalue weighted by molar-refractivity contribution is 4.62. The lowest BCUT2D eigenvalue weighted by atomic mass is 10.1. The largest absolute Gasteiger partial charge is 0.315 e. The van der Waals surface area contributed by atoms with Crippen molar-refractivity contribution in [3.05, 3.63) is 0 Å². The molecule has 0 saturated heterocycles. The molecule has 2 heteroatoms. The van der Waals surface area contributed by atoms with E-state index in [4.69, 9.17) is 0 Å². The van der Waals surface area contributed by atoms with E-state index in [0.717, 1.165) is 13.1 Å². The first-order chi connectivity index (χ1) is 8.31. The topological polar surface area (TPSA) is 24.1 Å². The Balaban J connectivity index is 3.02. The second-order valence-corrected chi connectivity index (χ2v) is 5.14. The van der Waals surface area contributed by atoms with E-state index in [1.54, 1.807) is 0 Å². The van der Waals surface area contributed by atoms with E-state index in [-0.39, 0.29) is 0 Å². The summed E-state index contributed by atoms with van der Waals surface area (Å²) in [6.07, 6.45) is 11.3. The second kappa shape index (κ2) is 14.0. The van der Waals surface area contributed by atoms with Crippen molar-refractivity contribution >= 4 is 0 Å². The Morgan fingerprint density at radius 2 is 1.41 bits per heavy atom. The molecule has 0 aromatic rings. The Kier molecular flexibility index (Phi) is 13.9. The first-order valence-electron chi connectivity index (χ1n) is 7.75. The minimum Gasteiger partial charge on any atom is -0.315 e. The van der Waals surface area contributed by atoms with Gasteiger partial charge in [0.2, 0.25) is 0 Å². The van der Waals surface area contributed by atoms with Gasteiger partial charge in [0.25, 0.3) is 0 Å². The van der Waals surface area contributed by atoms with E-state index in [2.05, 4.69) is 31.4 Å². The molecule has 1 atom stereocenters. The van der Waals surface area contributed by atoms with E-state index in [0.29, 0.717) is 6.04 Å². The highest BCUT2D eigenvalue weighted by Crippen LogP contribution is 2.07. The minimum atomic E-state index is 0.611. The summed E-state index contributed by atoms with van der Waals surface area (Å²) in [6.45, 7) is 10.0. The third kappa shape index (κ3) is 13.9. The smallest absolute Gasteiger partial charge is 0.0164 e. The molecule has 0 heterocycles. The zero-order valence-corrected chi connectivity index (χ0v) is 12.4. The monoisotopic (exact) mass is 242 g/mol. The number of hydrogen-bond acceptors (Lipinski definition) is 2. The van der Waals surface area contributed by atoms with Gasteiger partial charge in [-0.2, -0.15) is 0 Å². The molecule has 104 valence electrons. The van der Waals surface area contributed by atoms with E-state index in [1.807, 2.05) is 0 Å². The van der Waals surface area contributed by atoms with Crippen molar-refractivity contribution in [3.63, 3.8) is 0 Å². The Morgan fingerprint density at radius 3 is 2.00 bits per heavy atom. The summed E-state index contributed by atoms with van der Waals surface area (Å²) in [4.78, 5) is 0. The summed E-state index contributed by atoms with van der Waals surface area (Å²) in [7, 11) is 0. The predicted molar refractivity (Wildman–Crippen MR) is 78.6 cm³/mol. The van der Waals surface area contributed by atoms with E-state index in [1.165, 1.54) is 57.9 Å². The SMILES string of the molecule is CCCCCCCCCCNC(C)CNCC. The van der Waals surface area contributed by atoms with Crippen LogP contribution in [0.15, 0.2) is 0 Å². The molecule has 17 heavy (non-hydrogen) atoms. The van der Waals surface area contributed by atoms with Crippen molar-refractivity contribution in [2.75, 3.05) is 19.6 Å². The Hall–Kier alpha value is -0.0800. The maximum atomic E-state index is 3.57. The van der Waals surface area contributed by atoms with Crippen LogP contribution < -0.4 is 10.6 Å². The Bertz CT molecular complexity index is 137. The van der Waals surface area contributed by atoms with Crippen LogP contribution in [0.3, 0.4) is 0 Å². The molecule has 0 aliphatic heterocycles. The third-order valence-corrected chi connectivity index (χ3v) is 3.22. The number of unbranched alkanes of at least 4 members (excludes halogenated alkanes) is 7. The van der Waals surface area contributed by atoms with Gasteiger partial charge < -0.3 is 10.6 Å². The quantitative estimate of drug-likeness (QED) is 0.481. The summed E-state index contributed by atoms with van der Waals surface area (Å²) < 4.78 is 0. The summed E-state index contributed by atoms with van der Waals surface area (Å²) >= 11 is 0. The molecular formula is C15H34N2. The number of nitrogens with one attached hydrogen (secondary N) is 2. The predicted octanol–water partition coefficient (Wildman–Crippen LogP) is 3.71. The molecule has 0 amide bonds. The van der Waals surface area contributed by atoms with Gasteiger partial charge in [-0.05, 0) is 26.4 Å². The van der Waals surface area contributed by atoms with Gasteiger partial charge in [0.15, 0.2) is 0 Å². The van der Waals surface area contributed by atoms with Gasteiger partial charge in [-0.3, -0.25) is 0 Å². The van der Waals surface area contributed by atoms with Gasteiger partial charge >= 0.3 is 0 Å². The normalized spacial score (nSPS) is 12.9. The van der Waals surface area contributed by atoms with Gasteiger partial charge in [0, 0.05) is 12.6 Å². The molecule has 2 nitrogen and oxygen atoms in total. The van der Waals surface area contributed by atoms with Crippen molar-refractivity contribution in [2.24, 2.45) is 0 Å². The summed E-state index contributed by atoms with van der Waals surface area (Å²) in [5, 5.41) is 6.93. The van der Waals surface area contributed by atoms with Gasteiger partial charge in [-0.1, -0.05) is 58.8 Å². The average molecular weight is 242 g/mol. The van der Waals surface area contributed by atoms with Crippen molar-refractivity contribution in [1.82, 2.24) is 10.6 Å². The molecule has 0 bridgehead atoms. The fourth-order valence-electron chi connectivity index (χ4n) is 2.04. The molecule has 0 aliphatic carbocycles. The van der Waals surface area contributed by atoms with Crippen LogP contribution in [0.1, 0.15) is 72.1 Å². The number of rotatable bonds is 13. The molecule has 0 spiro atoms. The van der Waals surface area contributed by atoms with Crippen molar-refractivity contribution < 1.29 is 0 Å². The van der Waals surface area contributed by atoms with Crippen LogP contribution in [0.25, 0.3) is 0 Å². The van der Waals surface area contributed by atoms with Crippen molar-refractivity contribution in [1.29, 1.82) is 0 Å². The second-order valence-electron chi connectivity index (χ2n) is 5.14. The lowest BCUT2D eigenvalue weighted by Crippen LogP contribution is -2.36. The van der Waals surface area contributed by atoms with Crippen LogP contribution in [0.4, 0.5) is 0 Å². The van der Waals surface area contributed by atoms with Gasteiger partial charge in [0.05, 0.1) is 0 Å². The first kappa shape index (κ1) is 16.9. The van der Waals surface area contributed by atoms with Crippen LogP contribution >= 0.6 is 0 Å². The number of hydrogen-bond donors (Lipinski definition) is 2. The van der Waals surface area contributed by atoms with Gasteiger partial charge in [-0.25, -0.2) is 0 Å². The summed E-state index contributed by atoms with van der Waals surface area (Å²) in [5.74, 6) is 0. The lowest BCUT2D eigenvalue weighted by Gasteiger charge is -2.13. The van der Waals surface area contributed by atoms with E-state index in [9.17, 15) is 0 Å². The van der Waals surface area contributed by atoms with Crippen LogP contribution in [0.5, 0.6) is 0 Å². The molecular weight excluding hydrogens is 208 g/mol. The van der Waals surface area contributed by atoms with E-state index >= 15 is 0 Å². The average Bonchev–Trinajstić information content (AvgIpc) is 2.34. The maximum absolute atomic E-state index is 3.57. The molecule has 0 fully saturated rings. The highest BCUT2D eigenvalue weighted by atomic mass is 15.0. The Labute approximate surface area is 109 Å².